The summed E-state index contributed by atoms with van der Waals surface area (Å²) in [6, 6.07) is 6.62. The number of carbonyl (C=O) groups excluding carboxylic acids is 2. The molecule has 1 fully saturated rings. The molecule has 0 aliphatic carbocycles. The van der Waals surface area contributed by atoms with E-state index in [9.17, 15) is 35.9 Å². The molecule has 0 unspecified atom stereocenters. The van der Waals surface area contributed by atoms with Crippen molar-refractivity contribution < 1.29 is 40.7 Å². The number of hydrogen-bond acceptors (Lipinski definition) is 3. The monoisotopic (exact) mass is 550 g/mol. The number of alkyl halides is 6. The van der Waals surface area contributed by atoms with Gasteiger partial charge in [-0.05, 0) is 63.1 Å². The van der Waals surface area contributed by atoms with E-state index in [-0.39, 0.29) is 25.6 Å². The second-order valence-corrected chi connectivity index (χ2v) is 10.2. The fourth-order valence-corrected chi connectivity index (χ4v) is 4.23. The summed E-state index contributed by atoms with van der Waals surface area (Å²) in [7, 11) is 0. The maximum atomic E-state index is 13.3. The predicted octanol–water partition coefficient (Wildman–Crippen LogP) is 6.90. The van der Waals surface area contributed by atoms with E-state index in [0.717, 1.165) is 0 Å². The molecule has 1 aliphatic heterocycles. The van der Waals surface area contributed by atoms with E-state index < -0.39 is 58.6 Å². The molecular formula is C25H25ClF6N2O3. The SMILES string of the molecule is CC(C)(C)OC(=O)N1CC[C@@H](NC(=O)c2cc(C(F)(F)F)cc(C(F)(F)F)c2)[C@H](c2cccc(Cl)c2)C1. The average Bonchev–Trinajstić information content (AvgIpc) is 2.76. The molecule has 0 spiro atoms. The second kappa shape index (κ2) is 10.4. The number of amides is 2. The molecule has 2 amide bonds. The van der Waals surface area contributed by atoms with Gasteiger partial charge in [-0.3, -0.25) is 4.79 Å². The summed E-state index contributed by atoms with van der Waals surface area (Å²) in [4.78, 5) is 27.0. The summed E-state index contributed by atoms with van der Waals surface area (Å²) in [6.45, 7) is 5.34. The van der Waals surface area contributed by atoms with Crippen LogP contribution in [0.5, 0.6) is 0 Å². The van der Waals surface area contributed by atoms with E-state index in [1.54, 1.807) is 45.0 Å². The first-order valence-corrected chi connectivity index (χ1v) is 11.7. The average molecular weight is 551 g/mol. The molecule has 1 aliphatic rings. The molecular weight excluding hydrogens is 526 g/mol. The van der Waals surface area contributed by atoms with Crippen LogP contribution in [0.25, 0.3) is 0 Å². The largest absolute Gasteiger partial charge is 0.444 e. The number of nitrogens with one attached hydrogen (secondary N) is 1. The number of piperidine rings is 1. The van der Waals surface area contributed by atoms with Gasteiger partial charge in [0.25, 0.3) is 5.91 Å². The first-order valence-electron chi connectivity index (χ1n) is 11.3. The predicted molar refractivity (Wildman–Crippen MR) is 124 cm³/mol. The van der Waals surface area contributed by atoms with Gasteiger partial charge in [0.15, 0.2) is 0 Å². The Labute approximate surface area is 214 Å². The normalized spacial score (nSPS) is 18.9. The van der Waals surface area contributed by atoms with Gasteiger partial charge in [0.2, 0.25) is 0 Å². The smallest absolute Gasteiger partial charge is 0.416 e. The van der Waals surface area contributed by atoms with Crippen LogP contribution in [0.3, 0.4) is 0 Å². The quantitative estimate of drug-likeness (QED) is 0.423. The molecule has 0 radical (unpaired) electrons. The topological polar surface area (TPSA) is 58.6 Å². The van der Waals surface area contributed by atoms with Crippen molar-refractivity contribution in [3.8, 4) is 0 Å². The number of likely N-dealkylation sites (tertiary alicyclic amines) is 1. The van der Waals surface area contributed by atoms with Crippen LogP contribution in [0.15, 0.2) is 42.5 Å². The fraction of sp³-hybridized carbons (Fsp3) is 0.440. The van der Waals surface area contributed by atoms with Crippen LogP contribution in [-0.2, 0) is 17.1 Å². The zero-order chi connectivity index (χ0) is 27.8. The van der Waals surface area contributed by atoms with E-state index in [1.807, 2.05) is 0 Å². The van der Waals surface area contributed by atoms with E-state index in [2.05, 4.69) is 5.32 Å². The van der Waals surface area contributed by atoms with Crippen LogP contribution in [0, 0.1) is 0 Å². The standard InChI is InChI=1S/C25H25ClF6N2O3/c1-23(2,3)37-22(36)34-8-7-20(19(13-34)14-5-4-6-18(26)11-14)33-21(35)15-9-16(24(27,28)29)12-17(10-15)25(30,31)32/h4-6,9-12,19-20H,7-8,13H2,1-3H3,(H,33,35)/t19-,20+/m0/s1. The van der Waals surface area contributed by atoms with Crippen molar-refractivity contribution in [1.29, 1.82) is 0 Å². The lowest BCUT2D eigenvalue weighted by molar-refractivity contribution is -0.143. The Kier molecular flexibility index (Phi) is 8.07. The number of nitrogens with zero attached hydrogens (tertiary/aromatic N) is 1. The number of ether oxygens (including phenoxy) is 1. The third kappa shape index (κ3) is 7.53. The highest BCUT2D eigenvalue weighted by Gasteiger charge is 2.39. The highest BCUT2D eigenvalue weighted by molar-refractivity contribution is 6.30. The summed E-state index contributed by atoms with van der Waals surface area (Å²) in [5, 5.41) is 2.95. The number of benzene rings is 2. The van der Waals surface area contributed by atoms with Gasteiger partial charge in [0, 0.05) is 35.6 Å². The van der Waals surface area contributed by atoms with Crippen LogP contribution >= 0.6 is 11.6 Å². The molecule has 5 nitrogen and oxygen atoms in total. The molecule has 0 saturated carbocycles. The van der Waals surface area contributed by atoms with E-state index >= 15 is 0 Å². The molecule has 37 heavy (non-hydrogen) atoms. The first-order chi connectivity index (χ1) is 16.9. The van der Waals surface area contributed by atoms with Crippen molar-refractivity contribution in [3.63, 3.8) is 0 Å². The fourth-order valence-electron chi connectivity index (χ4n) is 4.03. The Balaban J connectivity index is 1.92. The van der Waals surface area contributed by atoms with E-state index in [0.29, 0.717) is 22.7 Å². The first kappa shape index (κ1) is 28.6. The van der Waals surface area contributed by atoms with Crippen LogP contribution in [0.4, 0.5) is 31.1 Å². The van der Waals surface area contributed by atoms with Gasteiger partial charge >= 0.3 is 18.4 Å². The lowest BCUT2D eigenvalue weighted by atomic mass is 9.85. The van der Waals surface area contributed by atoms with Gasteiger partial charge in [0.05, 0.1) is 11.1 Å². The summed E-state index contributed by atoms with van der Waals surface area (Å²) >= 11 is 6.11. The molecule has 0 aromatic heterocycles. The van der Waals surface area contributed by atoms with Crippen molar-refractivity contribution in [3.05, 3.63) is 69.7 Å². The van der Waals surface area contributed by atoms with E-state index in [1.165, 1.54) is 4.90 Å². The zero-order valence-electron chi connectivity index (χ0n) is 20.1. The molecule has 1 heterocycles. The van der Waals surface area contributed by atoms with Gasteiger partial charge in [0.1, 0.15) is 5.60 Å². The van der Waals surface area contributed by atoms with Crippen LogP contribution in [0.1, 0.15) is 60.2 Å². The van der Waals surface area contributed by atoms with Crippen molar-refractivity contribution in [2.24, 2.45) is 0 Å². The Morgan fingerprint density at radius 1 is 0.973 bits per heavy atom. The van der Waals surface area contributed by atoms with Gasteiger partial charge in [-0.25, -0.2) is 4.79 Å². The molecule has 1 saturated heterocycles. The van der Waals surface area contributed by atoms with Gasteiger partial charge < -0.3 is 15.0 Å². The van der Waals surface area contributed by atoms with Crippen molar-refractivity contribution in [1.82, 2.24) is 10.2 Å². The van der Waals surface area contributed by atoms with Crippen molar-refractivity contribution >= 4 is 23.6 Å². The highest BCUT2D eigenvalue weighted by atomic mass is 35.5. The minimum absolute atomic E-state index is 0.0368. The lowest BCUT2D eigenvalue weighted by Crippen LogP contribution is -2.52. The zero-order valence-corrected chi connectivity index (χ0v) is 20.9. The summed E-state index contributed by atoms with van der Waals surface area (Å²) in [5.74, 6) is -1.66. The molecule has 2 atom stereocenters. The molecule has 0 bridgehead atoms. The molecule has 2 aromatic rings. The lowest BCUT2D eigenvalue weighted by Gasteiger charge is -2.39. The molecule has 2 aromatic carbocycles. The number of rotatable bonds is 3. The second-order valence-electron chi connectivity index (χ2n) is 9.75. The molecule has 3 rings (SSSR count). The van der Waals surface area contributed by atoms with Crippen molar-refractivity contribution in [2.45, 2.75) is 57.1 Å². The van der Waals surface area contributed by atoms with E-state index in [4.69, 9.17) is 16.3 Å². The van der Waals surface area contributed by atoms with Crippen molar-refractivity contribution in [2.75, 3.05) is 13.1 Å². The third-order valence-corrected chi connectivity index (χ3v) is 5.94. The minimum Gasteiger partial charge on any atom is -0.444 e. The minimum atomic E-state index is -5.08. The summed E-state index contributed by atoms with van der Waals surface area (Å²) < 4.78 is 84.9. The highest BCUT2D eigenvalue weighted by Crippen LogP contribution is 2.37. The van der Waals surface area contributed by atoms with Crippen LogP contribution < -0.4 is 5.32 Å². The summed E-state index contributed by atoms with van der Waals surface area (Å²) in [6.07, 6.45) is -10.6. The maximum absolute atomic E-state index is 13.3. The number of carbonyl (C=O) groups is 2. The number of halogens is 7. The Bertz CT molecular complexity index is 1130. The van der Waals surface area contributed by atoms with Crippen LogP contribution in [0.2, 0.25) is 5.02 Å². The van der Waals surface area contributed by atoms with Gasteiger partial charge in [-0.2, -0.15) is 26.3 Å². The molecule has 12 heteroatoms. The van der Waals surface area contributed by atoms with Gasteiger partial charge in [-0.1, -0.05) is 23.7 Å². The maximum Gasteiger partial charge on any atom is 0.416 e. The summed E-state index contributed by atoms with van der Waals surface area (Å²) in [5.41, 5.74) is -4.07. The molecule has 202 valence electrons. The van der Waals surface area contributed by atoms with Crippen LogP contribution in [-0.4, -0.2) is 41.6 Å². The third-order valence-electron chi connectivity index (χ3n) is 5.71. The van der Waals surface area contributed by atoms with Gasteiger partial charge in [-0.15, -0.1) is 0 Å². The molecule has 1 N–H and O–H groups in total. The Morgan fingerprint density at radius 2 is 1.57 bits per heavy atom. The Hall–Kier alpha value is -2.95. The Morgan fingerprint density at radius 3 is 2.08 bits per heavy atom. The number of hydrogen-bond donors (Lipinski definition) is 1.